The van der Waals surface area contributed by atoms with Crippen LogP contribution in [-0.2, 0) is 16.0 Å². The number of nitrogens with zero attached hydrogens (tertiary/aromatic N) is 1. The summed E-state index contributed by atoms with van der Waals surface area (Å²) >= 11 is 0. The average molecular weight is 304 g/mol. The van der Waals surface area contributed by atoms with E-state index in [0.29, 0.717) is 25.1 Å². The minimum Gasteiger partial charge on any atom is -0.496 e. The first kappa shape index (κ1) is 16.0. The SMILES string of the molecule is COc1ccccc1CCN1CC=C(CC(O)C(N)=O)C1=O. The number of para-hydroxylation sites is 1. The van der Waals surface area contributed by atoms with E-state index >= 15 is 0 Å². The van der Waals surface area contributed by atoms with Crippen LogP contribution < -0.4 is 10.5 Å². The number of amides is 2. The van der Waals surface area contributed by atoms with Crippen molar-refractivity contribution < 1.29 is 19.4 Å². The van der Waals surface area contributed by atoms with E-state index in [2.05, 4.69) is 0 Å². The number of primary amides is 1. The Balaban J connectivity index is 1.91. The van der Waals surface area contributed by atoms with Crippen molar-refractivity contribution in [3.05, 3.63) is 41.5 Å². The Hall–Kier alpha value is -2.34. The number of rotatable bonds is 7. The molecule has 1 aromatic carbocycles. The summed E-state index contributed by atoms with van der Waals surface area (Å²) in [6.07, 6.45) is 1.06. The number of aliphatic hydroxyl groups excluding tert-OH is 1. The number of ether oxygens (including phenoxy) is 1. The van der Waals surface area contributed by atoms with E-state index < -0.39 is 12.0 Å². The van der Waals surface area contributed by atoms with Crippen molar-refractivity contribution in [2.24, 2.45) is 5.73 Å². The molecule has 6 heteroatoms. The van der Waals surface area contributed by atoms with Crippen molar-refractivity contribution in [2.45, 2.75) is 18.9 Å². The molecule has 1 atom stereocenters. The van der Waals surface area contributed by atoms with Gasteiger partial charge in [0, 0.05) is 25.1 Å². The smallest absolute Gasteiger partial charge is 0.249 e. The monoisotopic (exact) mass is 304 g/mol. The van der Waals surface area contributed by atoms with Crippen LogP contribution in [0.5, 0.6) is 5.75 Å². The molecular formula is C16H20N2O4. The van der Waals surface area contributed by atoms with Gasteiger partial charge in [-0.15, -0.1) is 0 Å². The summed E-state index contributed by atoms with van der Waals surface area (Å²) in [6, 6.07) is 7.67. The Labute approximate surface area is 129 Å². The molecule has 1 aliphatic rings. The second-order valence-corrected chi connectivity index (χ2v) is 5.16. The highest BCUT2D eigenvalue weighted by Crippen LogP contribution is 2.21. The number of methoxy groups -OCH3 is 1. The van der Waals surface area contributed by atoms with Gasteiger partial charge in [0.2, 0.25) is 11.8 Å². The van der Waals surface area contributed by atoms with Crippen molar-refractivity contribution in [1.82, 2.24) is 4.90 Å². The Morgan fingerprint density at radius 2 is 2.18 bits per heavy atom. The number of carbonyl (C=O) groups is 2. The molecule has 3 N–H and O–H groups in total. The Morgan fingerprint density at radius 3 is 2.86 bits per heavy atom. The molecule has 22 heavy (non-hydrogen) atoms. The quantitative estimate of drug-likeness (QED) is 0.755. The molecule has 1 aromatic rings. The van der Waals surface area contributed by atoms with Crippen LogP contribution in [0, 0.1) is 0 Å². The molecule has 0 bridgehead atoms. The number of carbonyl (C=O) groups excluding carboxylic acids is 2. The maximum Gasteiger partial charge on any atom is 0.249 e. The summed E-state index contributed by atoms with van der Waals surface area (Å²) in [5.74, 6) is -0.178. The highest BCUT2D eigenvalue weighted by molar-refractivity contribution is 5.96. The van der Waals surface area contributed by atoms with Crippen molar-refractivity contribution in [3.63, 3.8) is 0 Å². The van der Waals surface area contributed by atoms with E-state index in [1.807, 2.05) is 24.3 Å². The zero-order valence-corrected chi connectivity index (χ0v) is 12.5. The molecule has 0 radical (unpaired) electrons. The predicted molar refractivity (Wildman–Crippen MR) is 81.2 cm³/mol. The van der Waals surface area contributed by atoms with Gasteiger partial charge < -0.3 is 20.5 Å². The van der Waals surface area contributed by atoms with Crippen molar-refractivity contribution >= 4 is 11.8 Å². The first-order valence-corrected chi connectivity index (χ1v) is 7.10. The second kappa shape index (κ2) is 7.09. The third kappa shape index (κ3) is 3.65. The molecule has 1 unspecified atom stereocenters. The first-order chi connectivity index (χ1) is 10.5. The fourth-order valence-corrected chi connectivity index (χ4v) is 2.43. The van der Waals surface area contributed by atoms with Gasteiger partial charge in [-0.05, 0) is 18.1 Å². The van der Waals surface area contributed by atoms with Gasteiger partial charge in [0.25, 0.3) is 0 Å². The van der Waals surface area contributed by atoms with Gasteiger partial charge in [0.15, 0.2) is 0 Å². The second-order valence-electron chi connectivity index (χ2n) is 5.16. The molecule has 0 aromatic heterocycles. The molecule has 0 spiro atoms. The topological polar surface area (TPSA) is 92.9 Å². The normalized spacial score (nSPS) is 15.6. The maximum absolute atomic E-state index is 12.2. The van der Waals surface area contributed by atoms with Gasteiger partial charge in [-0.1, -0.05) is 24.3 Å². The number of hydrogen-bond donors (Lipinski definition) is 2. The summed E-state index contributed by atoms with van der Waals surface area (Å²) in [6.45, 7) is 1.03. The van der Waals surface area contributed by atoms with Crippen molar-refractivity contribution in [1.29, 1.82) is 0 Å². The number of nitrogens with two attached hydrogens (primary N) is 1. The van der Waals surface area contributed by atoms with Gasteiger partial charge >= 0.3 is 0 Å². The lowest BCUT2D eigenvalue weighted by atomic mass is 10.1. The molecule has 0 saturated carbocycles. The molecule has 0 saturated heterocycles. The number of benzene rings is 1. The lowest BCUT2D eigenvalue weighted by molar-refractivity contribution is -0.127. The van der Waals surface area contributed by atoms with Crippen LogP contribution in [0.1, 0.15) is 12.0 Å². The van der Waals surface area contributed by atoms with Crippen molar-refractivity contribution in [3.8, 4) is 5.75 Å². The zero-order chi connectivity index (χ0) is 16.1. The fraction of sp³-hybridized carbons (Fsp3) is 0.375. The highest BCUT2D eigenvalue weighted by atomic mass is 16.5. The molecule has 0 aliphatic carbocycles. The van der Waals surface area contributed by atoms with Gasteiger partial charge in [0.1, 0.15) is 11.9 Å². The molecule has 118 valence electrons. The molecule has 2 rings (SSSR count). The minimum atomic E-state index is -1.32. The zero-order valence-electron chi connectivity index (χ0n) is 12.5. The standard InChI is InChI=1S/C16H20N2O4/c1-22-14-5-3-2-4-11(14)6-8-18-9-7-12(16(18)21)10-13(19)15(17)20/h2-5,7,13,19H,6,8-10H2,1H3,(H2,17,20). The van der Waals surface area contributed by atoms with Gasteiger partial charge in [-0.25, -0.2) is 0 Å². The summed E-state index contributed by atoms with van der Waals surface area (Å²) in [7, 11) is 1.62. The summed E-state index contributed by atoms with van der Waals surface area (Å²) in [5.41, 5.74) is 6.47. The summed E-state index contributed by atoms with van der Waals surface area (Å²) in [4.78, 5) is 24.7. The average Bonchev–Trinajstić information content (AvgIpc) is 2.86. The Bertz CT molecular complexity index is 598. The van der Waals surface area contributed by atoms with E-state index in [1.165, 1.54) is 0 Å². The van der Waals surface area contributed by atoms with Crippen LogP contribution in [0.2, 0.25) is 0 Å². The van der Waals surface area contributed by atoms with Gasteiger partial charge in [0.05, 0.1) is 7.11 Å². The maximum atomic E-state index is 12.2. The molecule has 1 aliphatic heterocycles. The van der Waals surface area contributed by atoms with E-state index in [4.69, 9.17) is 10.5 Å². The van der Waals surface area contributed by atoms with Crippen LogP contribution in [0.3, 0.4) is 0 Å². The highest BCUT2D eigenvalue weighted by Gasteiger charge is 2.26. The largest absolute Gasteiger partial charge is 0.496 e. The Kier molecular flexibility index (Phi) is 5.16. The summed E-state index contributed by atoms with van der Waals surface area (Å²) < 4.78 is 5.29. The van der Waals surface area contributed by atoms with Crippen LogP contribution in [0.25, 0.3) is 0 Å². The van der Waals surface area contributed by atoms with E-state index in [-0.39, 0.29) is 12.3 Å². The number of hydrogen-bond acceptors (Lipinski definition) is 4. The lowest BCUT2D eigenvalue weighted by Gasteiger charge is -2.18. The number of aliphatic hydroxyl groups is 1. The molecular weight excluding hydrogens is 284 g/mol. The van der Waals surface area contributed by atoms with E-state index in [9.17, 15) is 14.7 Å². The molecule has 0 fully saturated rings. The summed E-state index contributed by atoms with van der Waals surface area (Å²) in [5, 5.41) is 9.46. The van der Waals surface area contributed by atoms with Gasteiger partial charge in [-0.3, -0.25) is 9.59 Å². The lowest BCUT2D eigenvalue weighted by Crippen LogP contribution is -2.32. The van der Waals surface area contributed by atoms with Crippen LogP contribution in [-0.4, -0.2) is 48.1 Å². The molecule has 2 amide bonds. The van der Waals surface area contributed by atoms with E-state index in [1.54, 1.807) is 18.1 Å². The van der Waals surface area contributed by atoms with E-state index in [0.717, 1.165) is 11.3 Å². The fourth-order valence-electron chi connectivity index (χ4n) is 2.43. The predicted octanol–water partition coefficient (Wildman–Crippen LogP) is 0.243. The van der Waals surface area contributed by atoms with Crippen LogP contribution >= 0.6 is 0 Å². The third-order valence-electron chi connectivity index (χ3n) is 3.71. The molecule has 6 nitrogen and oxygen atoms in total. The van der Waals surface area contributed by atoms with Gasteiger partial charge in [-0.2, -0.15) is 0 Å². The minimum absolute atomic E-state index is 0.0284. The first-order valence-electron chi connectivity index (χ1n) is 7.10. The Morgan fingerprint density at radius 1 is 1.45 bits per heavy atom. The van der Waals surface area contributed by atoms with Crippen molar-refractivity contribution in [2.75, 3.05) is 20.2 Å². The third-order valence-corrected chi connectivity index (χ3v) is 3.71. The molecule has 1 heterocycles. The van der Waals surface area contributed by atoms with Crippen LogP contribution in [0.15, 0.2) is 35.9 Å². The van der Waals surface area contributed by atoms with Crippen LogP contribution in [0.4, 0.5) is 0 Å².